The fourth-order valence-corrected chi connectivity index (χ4v) is 5.55. The van der Waals surface area contributed by atoms with E-state index in [2.05, 4.69) is 50.9 Å². The number of aryl methyl sites for hydroxylation is 1. The molecule has 0 unspecified atom stereocenters. The third kappa shape index (κ3) is 4.18. The molecule has 2 aliphatic heterocycles. The van der Waals surface area contributed by atoms with Gasteiger partial charge in [-0.3, -0.25) is 14.8 Å². The number of amides is 1. The maximum atomic E-state index is 12.5. The molecule has 1 aromatic heterocycles. The van der Waals surface area contributed by atoms with Gasteiger partial charge >= 0.3 is 0 Å². The second-order valence-corrected chi connectivity index (χ2v) is 9.81. The first-order valence-electron chi connectivity index (χ1n) is 12.2. The molecule has 0 radical (unpaired) electrons. The van der Waals surface area contributed by atoms with Gasteiger partial charge in [0.25, 0.3) is 0 Å². The number of nitrogens with one attached hydrogen (secondary N) is 3. The number of rotatable bonds is 6. The first kappa shape index (κ1) is 21.3. The Morgan fingerprint density at radius 2 is 1.91 bits per heavy atom. The molecule has 6 rings (SSSR count). The van der Waals surface area contributed by atoms with Crippen molar-refractivity contribution in [3.63, 3.8) is 0 Å². The average Bonchev–Trinajstić information content (AvgIpc) is 3.46. The lowest BCUT2D eigenvalue weighted by molar-refractivity contribution is -0.121. The third-order valence-electron chi connectivity index (χ3n) is 7.49. The van der Waals surface area contributed by atoms with Gasteiger partial charge in [0.05, 0.1) is 18.1 Å². The van der Waals surface area contributed by atoms with E-state index in [1.165, 1.54) is 36.8 Å². The van der Waals surface area contributed by atoms with Crippen molar-refractivity contribution in [2.45, 2.75) is 50.6 Å². The van der Waals surface area contributed by atoms with Crippen LogP contribution < -0.4 is 20.1 Å². The van der Waals surface area contributed by atoms with E-state index >= 15 is 0 Å². The van der Waals surface area contributed by atoms with E-state index in [1.54, 1.807) is 0 Å². The Hall–Kier alpha value is -3.26. The molecule has 1 saturated carbocycles. The van der Waals surface area contributed by atoms with Crippen LogP contribution in [0.4, 0.5) is 5.82 Å². The second-order valence-electron chi connectivity index (χ2n) is 9.81. The molecule has 3 aromatic rings. The summed E-state index contributed by atoms with van der Waals surface area (Å²) in [6.07, 6.45) is 4.79. The SMILES string of the molecule is Cc1ccc2[nH]nc(NCC(=O)NC3CN(C4CCC(c5ccc6c(c5)OCO6)CC4)C3)c2c1. The Balaban J connectivity index is 0.937. The Bertz CT molecular complexity index is 1190. The summed E-state index contributed by atoms with van der Waals surface area (Å²) in [5.74, 6) is 3.07. The van der Waals surface area contributed by atoms with Crippen LogP contribution in [0.15, 0.2) is 36.4 Å². The molecule has 0 atom stereocenters. The minimum atomic E-state index is 0.0139. The maximum absolute atomic E-state index is 12.5. The molecule has 3 heterocycles. The Morgan fingerprint density at radius 1 is 1.09 bits per heavy atom. The predicted molar refractivity (Wildman–Crippen MR) is 130 cm³/mol. The number of carbonyl (C=O) groups is 1. The molecule has 34 heavy (non-hydrogen) atoms. The van der Waals surface area contributed by atoms with E-state index in [9.17, 15) is 4.79 Å². The quantitative estimate of drug-likeness (QED) is 0.520. The number of aromatic nitrogens is 2. The van der Waals surface area contributed by atoms with Crippen molar-refractivity contribution < 1.29 is 14.3 Å². The van der Waals surface area contributed by atoms with Gasteiger partial charge in [0.15, 0.2) is 17.3 Å². The summed E-state index contributed by atoms with van der Waals surface area (Å²) in [5, 5.41) is 14.7. The third-order valence-corrected chi connectivity index (χ3v) is 7.49. The van der Waals surface area contributed by atoms with Crippen LogP contribution in [0.5, 0.6) is 11.5 Å². The zero-order chi connectivity index (χ0) is 23.1. The highest BCUT2D eigenvalue weighted by molar-refractivity contribution is 5.92. The van der Waals surface area contributed by atoms with Gasteiger partial charge in [-0.1, -0.05) is 17.7 Å². The van der Waals surface area contributed by atoms with Crippen molar-refractivity contribution in [1.82, 2.24) is 20.4 Å². The molecule has 0 bridgehead atoms. The number of aromatic amines is 1. The topological polar surface area (TPSA) is 91.5 Å². The number of likely N-dealkylation sites (tertiary alicyclic amines) is 1. The monoisotopic (exact) mass is 461 g/mol. The van der Waals surface area contributed by atoms with Crippen molar-refractivity contribution in [2.24, 2.45) is 0 Å². The average molecular weight is 462 g/mol. The Labute approximate surface area is 199 Å². The number of ether oxygens (including phenoxy) is 2. The highest BCUT2D eigenvalue weighted by Gasteiger charge is 2.35. The number of carbonyl (C=O) groups excluding carboxylic acids is 1. The van der Waals surface area contributed by atoms with Crippen molar-refractivity contribution >= 4 is 22.6 Å². The molecule has 178 valence electrons. The fourth-order valence-electron chi connectivity index (χ4n) is 5.55. The molecule has 2 aromatic carbocycles. The van der Waals surface area contributed by atoms with Crippen LogP contribution in [-0.4, -0.2) is 59.5 Å². The molecule has 2 fully saturated rings. The van der Waals surface area contributed by atoms with Crippen LogP contribution in [0.3, 0.4) is 0 Å². The molecule has 8 nitrogen and oxygen atoms in total. The van der Waals surface area contributed by atoms with E-state index in [0.717, 1.165) is 41.3 Å². The van der Waals surface area contributed by atoms with Gasteiger partial charge in [-0.25, -0.2) is 0 Å². The fraction of sp³-hybridized carbons (Fsp3) is 0.462. The van der Waals surface area contributed by atoms with Crippen LogP contribution >= 0.6 is 0 Å². The minimum Gasteiger partial charge on any atom is -0.454 e. The highest BCUT2D eigenvalue weighted by atomic mass is 16.7. The van der Waals surface area contributed by atoms with Gasteiger partial charge in [-0.15, -0.1) is 0 Å². The number of hydrogen-bond donors (Lipinski definition) is 3. The number of nitrogens with zero attached hydrogens (tertiary/aromatic N) is 2. The van der Waals surface area contributed by atoms with Gasteiger partial charge in [0.1, 0.15) is 0 Å². The number of H-pyrrole nitrogens is 1. The second kappa shape index (κ2) is 8.83. The first-order chi connectivity index (χ1) is 16.6. The zero-order valence-electron chi connectivity index (χ0n) is 19.5. The number of hydrogen-bond acceptors (Lipinski definition) is 6. The molecule has 3 N–H and O–H groups in total. The van der Waals surface area contributed by atoms with E-state index in [-0.39, 0.29) is 18.5 Å². The summed E-state index contributed by atoms with van der Waals surface area (Å²) in [6.45, 7) is 4.49. The van der Waals surface area contributed by atoms with Gasteiger partial charge in [-0.05, 0) is 68.4 Å². The van der Waals surface area contributed by atoms with Crippen LogP contribution in [0, 0.1) is 6.92 Å². The normalized spacial score (nSPS) is 22.5. The van der Waals surface area contributed by atoms with Crippen LogP contribution in [0.1, 0.15) is 42.7 Å². The Morgan fingerprint density at radius 3 is 2.76 bits per heavy atom. The van der Waals surface area contributed by atoms with Crippen molar-refractivity contribution in [1.29, 1.82) is 0 Å². The minimum absolute atomic E-state index is 0.0139. The molecular weight excluding hydrogens is 430 g/mol. The smallest absolute Gasteiger partial charge is 0.239 e. The molecule has 8 heteroatoms. The number of benzene rings is 2. The number of fused-ring (bicyclic) bond motifs is 2. The van der Waals surface area contributed by atoms with Crippen molar-refractivity contribution in [2.75, 3.05) is 31.7 Å². The molecule has 1 amide bonds. The van der Waals surface area contributed by atoms with Crippen LogP contribution in [-0.2, 0) is 4.79 Å². The van der Waals surface area contributed by atoms with E-state index in [4.69, 9.17) is 9.47 Å². The summed E-state index contributed by atoms with van der Waals surface area (Å²) < 4.78 is 11.0. The zero-order valence-corrected chi connectivity index (χ0v) is 19.5. The summed E-state index contributed by atoms with van der Waals surface area (Å²) in [7, 11) is 0. The Kier molecular flexibility index (Phi) is 5.53. The standard InChI is InChI=1S/C26H31N5O3/c1-16-2-8-22-21(10-16)26(30-29-22)27-12-25(32)28-19-13-31(14-19)20-6-3-17(4-7-20)18-5-9-23-24(11-18)34-15-33-23/h2,5,8-11,17,19-20H,3-4,6-7,12-15H2,1H3,(H,28,32)(H2,27,29,30). The molecular formula is C26H31N5O3. The summed E-state index contributed by atoms with van der Waals surface area (Å²) in [5.41, 5.74) is 3.50. The predicted octanol–water partition coefficient (Wildman–Crippen LogP) is 3.54. The van der Waals surface area contributed by atoms with Crippen molar-refractivity contribution in [3.8, 4) is 11.5 Å². The van der Waals surface area contributed by atoms with Crippen molar-refractivity contribution in [3.05, 3.63) is 47.5 Å². The number of anilines is 1. The summed E-state index contributed by atoms with van der Waals surface area (Å²) >= 11 is 0. The largest absolute Gasteiger partial charge is 0.454 e. The first-order valence-corrected chi connectivity index (χ1v) is 12.2. The maximum Gasteiger partial charge on any atom is 0.239 e. The van der Waals surface area contributed by atoms with Gasteiger partial charge < -0.3 is 20.1 Å². The van der Waals surface area contributed by atoms with E-state index in [1.807, 2.05) is 18.2 Å². The highest BCUT2D eigenvalue weighted by Crippen LogP contribution is 2.40. The van der Waals surface area contributed by atoms with E-state index in [0.29, 0.717) is 18.8 Å². The molecule has 1 saturated heterocycles. The summed E-state index contributed by atoms with van der Waals surface area (Å²) in [4.78, 5) is 15.0. The summed E-state index contributed by atoms with van der Waals surface area (Å²) in [6, 6.07) is 13.4. The van der Waals surface area contributed by atoms with Gasteiger partial charge in [0, 0.05) is 24.5 Å². The van der Waals surface area contributed by atoms with Gasteiger partial charge in [-0.2, -0.15) is 5.10 Å². The lowest BCUT2D eigenvalue weighted by atomic mass is 9.80. The lowest BCUT2D eigenvalue weighted by Gasteiger charge is -2.46. The molecule has 3 aliphatic rings. The van der Waals surface area contributed by atoms with E-state index < -0.39 is 0 Å². The van der Waals surface area contributed by atoms with Crippen LogP contribution in [0.2, 0.25) is 0 Å². The lowest BCUT2D eigenvalue weighted by Crippen LogP contribution is -2.63. The van der Waals surface area contributed by atoms with Gasteiger partial charge in [0.2, 0.25) is 12.7 Å². The molecule has 1 aliphatic carbocycles. The van der Waals surface area contributed by atoms with Crippen LogP contribution in [0.25, 0.3) is 10.9 Å². The molecule has 0 spiro atoms.